The summed E-state index contributed by atoms with van der Waals surface area (Å²) in [5, 5.41) is 26.7. The Balaban J connectivity index is -0.0000000279. The van der Waals surface area contributed by atoms with Gasteiger partial charge in [-0.15, -0.1) is 0 Å². The van der Waals surface area contributed by atoms with E-state index in [1.807, 2.05) is 0 Å². The average Bonchev–Trinajstić information content (AvgIpc) is 1.63. The Labute approximate surface area is 141 Å². The molecule has 9 heteroatoms. The number of hydrogen-bond acceptors (Lipinski definition) is 6. The molecule has 0 saturated carbocycles. The van der Waals surface area contributed by atoms with Crippen molar-refractivity contribution < 1.29 is 118 Å². The van der Waals surface area contributed by atoms with Crippen LogP contribution < -0.4 is 104 Å². The maximum Gasteiger partial charge on any atom is 1.00 e. The van der Waals surface area contributed by atoms with Crippen LogP contribution in [0.15, 0.2) is 0 Å². The van der Waals surface area contributed by atoms with Crippen LogP contribution in [-0.2, 0) is 14.4 Å². The Kier molecular flexibility index (Phi) is 42.9. The quantitative estimate of drug-likeness (QED) is 0.293. The van der Waals surface area contributed by atoms with Crippen molar-refractivity contribution in [3.8, 4) is 0 Å². The number of carboxylic acids is 3. The van der Waals surface area contributed by atoms with Crippen molar-refractivity contribution in [1.29, 1.82) is 0 Å². The average molecular weight is 216 g/mol. The number of carbonyl (C=O) groups is 3. The molecule has 0 aromatic carbocycles. The Morgan fingerprint density at radius 2 is 0.846 bits per heavy atom. The van der Waals surface area contributed by atoms with Crippen LogP contribution in [0, 0.1) is 0 Å². The van der Waals surface area contributed by atoms with Gasteiger partial charge in [0.2, 0.25) is 0 Å². The fourth-order valence-corrected chi connectivity index (χ4v) is 0. The van der Waals surface area contributed by atoms with Gasteiger partial charge in [0.1, 0.15) is 0 Å². The zero-order valence-corrected chi connectivity index (χ0v) is 13.9. The number of rotatable bonds is 0. The van der Waals surface area contributed by atoms with Crippen LogP contribution in [0.3, 0.4) is 0 Å². The fourth-order valence-electron chi connectivity index (χ4n) is 0. The minimum absolute atomic E-state index is 0. The van der Waals surface area contributed by atoms with Crippen molar-refractivity contribution in [2.75, 3.05) is 0 Å². The van der Waals surface area contributed by atoms with E-state index in [9.17, 15) is 0 Å². The molecule has 0 bridgehead atoms. The molecule has 0 unspecified atom stereocenters. The van der Waals surface area contributed by atoms with Crippen LogP contribution in [0.2, 0.25) is 0 Å². The molecule has 0 radical (unpaired) electrons. The second-order valence-electron chi connectivity index (χ2n) is 1.07. The van der Waals surface area contributed by atoms with Gasteiger partial charge in [0.05, 0.1) is 11.9 Å². The van der Waals surface area contributed by atoms with Crippen LogP contribution in [0.5, 0.6) is 0 Å². The van der Waals surface area contributed by atoms with E-state index in [1.165, 1.54) is 0 Å². The molecular formula is C4H3Na3O6. The van der Waals surface area contributed by atoms with E-state index in [4.69, 9.17) is 29.7 Å². The summed E-state index contributed by atoms with van der Waals surface area (Å²) in [7, 11) is 0. The van der Waals surface area contributed by atoms with E-state index in [0.29, 0.717) is 0 Å². The Bertz CT molecular complexity index is 142. The molecule has 0 aliphatic heterocycles. The molecule has 0 rings (SSSR count). The van der Waals surface area contributed by atoms with Gasteiger partial charge in [-0.25, -0.2) is 0 Å². The van der Waals surface area contributed by atoms with Gasteiger partial charge in [0, 0.05) is 5.97 Å². The molecule has 0 atom stereocenters. The van der Waals surface area contributed by atoms with Crippen molar-refractivity contribution in [1.82, 2.24) is 0 Å². The van der Waals surface area contributed by atoms with E-state index < -0.39 is 17.9 Å². The SMILES string of the molecule is CC(=O)[O-].O=C([O-])C(=O)[O-].[Na+].[Na+].[Na+]. The molecule has 0 aliphatic carbocycles. The summed E-state index contributed by atoms with van der Waals surface area (Å²) in [6.45, 7) is 0.972. The van der Waals surface area contributed by atoms with Crippen molar-refractivity contribution in [3.63, 3.8) is 0 Å². The minimum atomic E-state index is -2.19. The topological polar surface area (TPSA) is 120 Å². The van der Waals surface area contributed by atoms with Crippen molar-refractivity contribution >= 4 is 17.9 Å². The Morgan fingerprint density at radius 3 is 0.846 bits per heavy atom. The number of aliphatic carboxylic acids is 3. The third-order valence-corrected chi connectivity index (χ3v) is 0.167. The summed E-state index contributed by atoms with van der Waals surface area (Å²) in [6, 6.07) is 0. The number of carbonyl (C=O) groups excluding carboxylic acids is 3. The number of carboxylic acid groups (broad SMARTS) is 3. The van der Waals surface area contributed by atoms with Gasteiger partial charge in [0.15, 0.2) is 0 Å². The first-order valence-electron chi connectivity index (χ1n) is 1.97. The summed E-state index contributed by atoms with van der Waals surface area (Å²) in [5.41, 5.74) is 0. The third kappa shape index (κ3) is 59.6. The molecule has 0 spiro atoms. The zero-order chi connectivity index (χ0) is 8.73. The molecule has 6 nitrogen and oxygen atoms in total. The molecular weight excluding hydrogens is 213 g/mol. The summed E-state index contributed by atoms with van der Waals surface area (Å²) in [5.74, 6) is -5.45. The molecule has 0 aromatic rings. The largest absolute Gasteiger partial charge is 1.00 e. The van der Waals surface area contributed by atoms with Gasteiger partial charge in [0.25, 0.3) is 0 Å². The predicted molar refractivity (Wildman–Crippen MR) is 20.7 cm³/mol. The molecule has 0 saturated heterocycles. The summed E-state index contributed by atoms with van der Waals surface area (Å²) in [4.78, 5) is 26.7. The third-order valence-electron chi connectivity index (χ3n) is 0.167. The monoisotopic (exact) mass is 216 g/mol. The van der Waals surface area contributed by atoms with Crippen LogP contribution in [0.1, 0.15) is 6.92 Å². The maximum atomic E-state index is 8.93. The first kappa shape index (κ1) is 29.3. The smallest absolute Gasteiger partial charge is 0.550 e. The van der Waals surface area contributed by atoms with Crippen LogP contribution >= 0.6 is 0 Å². The van der Waals surface area contributed by atoms with E-state index >= 15 is 0 Å². The van der Waals surface area contributed by atoms with Crippen molar-refractivity contribution in [2.45, 2.75) is 6.92 Å². The van der Waals surface area contributed by atoms with Gasteiger partial charge in [-0.2, -0.15) is 0 Å². The Morgan fingerprint density at radius 1 is 0.769 bits per heavy atom. The van der Waals surface area contributed by atoms with Gasteiger partial charge >= 0.3 is 88.7 Å². The molecule has 58 valence electrons. The summed E-state index contributed by atoms with van der Waals surface area (Å²) < 4.78 is 0. The van der Waals surface area contributed by atoms with Gasteiger partial charge in [-0.05, 0) is 6.92 Å². The molecule has 0 aromatic heterocycles. The molecule has 0 N–H and O–H groups in total. The zero-order valence-electron chi connectivity index (χ0n) is 7.95. The molecule has 0 heterocycles. The minimum Gasteiger partial charge on any atom is -0.550 e. The Hall–Kier alpha value is 1.41. The van der Waals surface area contributed by atoms with E-state index in [1.54, 1.807) is 0 Å². The van der Waals surface area contributed by atoms with E-state index in [-0.39, 0.29) is 88.7 Å². The summed E-state index contributed by atoms with van der Waals surface area (Å²) >= 11 is 0. The molecule has 0 fully saturated rings. The first-order valence-corrected chi connectivity index (χ1v) is 1.97. The van der Waals surface area contributed by atoms with Gasteiger partial charge < -0.3 is 29.7 Å². The van der Waals surface area contributed by atoms with Crippen molar-refractivity contribution in [3.05, 3.63) is 0 Å². The molecule has 0 aliphatic rings. The fraction of sp³-hybridized carbons (Fsp3) is 0.250. The van der Waals surface area contributed by atoms with E-state index in [2.05, 4.69) is 0 Å². The first-order chi connectivity index (χ1) is 4.37. The number of hydrogen-bond donors (Lipinski definition) is 0. The second-order valence-corrected chi connectivity index (χ2v) is 1.07. The van der Waals surface area contributed by atoms with Crippen LogP contribution in [0.4, 0.5) is 0 Å². The van der Waals surface area contributed by atoms with E-state index in [0.717, 1.165) is 6.92 Å². The van der Waals surface area contributed by atoms with Gasteiger partial charge in [-0.1, -0.05) is 0 Å². The molecule has 13 heavy (non-hydrogen) atoms. The normalized spacial score (nSPS) is 5.31. The van der Waals surface area contributed by atoms with Crippen molar-refractivity contribution in [2.24, 2.45) is 0 Å². The van der Waals surface area contributed by atoms with Gasteiger partial charge in [-0.3, -0.25) is 0 Å². The maximum absolute atomic E-state index is 8.93. The predicted octanol–water partition coefficient (Wildman–Crippen LogP) is -13.7. The molecule has 0 amide bonds. The van der Waals surface area contributed by atoms with Crippen LogP contribution in [-0.4, -0.2) is 17.9 Å². The van der Waals surface area contributed by atoms with Crippen LogP contribution in [0.25, 0.3) is 0 Å². The standard InChI is InChI=1S/C2H2O4.C2H4O2.3Na/c3-1(4)2(5)6;1-2(3)4;;;/h(H,3,4)(H,5,6);1H3,(H,3,4);;;/q;;3*+1/p-3. The second kappa shape index (κ2) is 19.1. The summed E-state index contributed by atoms with van der Waals surface area (Å²) in [6.07, 6.45) is 0.